The number of hydrogen-bond donors (Lipinski definition) is 2. The van der Waals surface area contributed by atoms with Crippen LogP contribution in [0.3, 0.4) is 0 Å². The van der Waals surface area contributed by atoms with Crippen molar-refractivity contribution in [2.45, 2.75) is 5.50 Å². The van der Waals surface area contributed by atoms with Crippen molar-refractivity contribution >= 4 is 33.7 Å². The molecule has 0 saturated carbocycles. The highest BCUT2D eigenvalue weighted by molar-refractivity contribution is 9.14. The van der Waals surface area contributed by atoms with Crippen LogP contribution in [-0.2, 0) is 4.79 Å². The first kappa shape index (κ1) is 8.89. The van der Waals surface area contributed by atoms with Gasteiger partial charge in [0.2, 0.25) is 0 Å². The first-order valence-electron chi connectivity index (χ1n) is 2.82. The Balaban J connectivity index is 2.91. The number of aliphatic carboxylic acids is 1. The highest BCUT2D eigenvalue weighted by atomic mass is 79.9. The van der Waals surface area contributed by atoms with Gasteiger partial charge in [-0.25, -0.2) is 4.79 Å². The Morgan fingerprint density at radius 1 is 1.91 bits per heavy atom. The van der Waals surface area contributed by atoms with Gasteiger partial charge in [0.15, 0.2) is 0 Å². The predicted octanol–water partition coefficient (Wildman–Crippen LogP) is 0.556. The topological polar surface area (TPSA) is 66.6 Å². The number of rotatable bonds is 1. The molecule has 0 amide bonds. The SMILES string of the molecule is CN1C(C(=O)O)=C(Br)SC1N. The summed E-state index contributed by atoms with van der Waals surface area (Å²) in [6.07, 6.45) is 0. The molecular formula is C5H7BrN2O2S. The molecule has 1 unspecified atom stereocenters. The average Bonchev–Trinajstić information content (AvgIpc) is 2.07. The van der Waals surface area contributed by atoms with Crippen LogP contribution < -0.4 is 5.73 Å². The van der Waals surface area contributed by atoms with E-state index in [2.05, 4.69) is 15.9 Å². The second-order valence-electron chi connectivity index (χ2n) is 2.05. The molecule has 4 nitrogen and oxygen atoms in total. The van der Waals surface area contributed by atoms with Gasteiger partial charge in [-0.3, -0.25) is 0 Å². The van der Waals surface area contributed by atoms with Gasteiger partial charge in [-0.1, -0.05) is 11.8 Å². The van der Waals surface area contributed by atoms with E-state index in [0.717, 1.165) is 0 Å². The first-order valence-corrected chi connectivity index (χ1v) is 4.49. The predicted molar refractivity (Wildman–Crippen MR) is 46.9 cm³/mol. The van der Waals surface area contributed by atoms with Crippen molar-refractivity contribution in [3.8, 4) is 0 Å². The molecule has 0 aromatic rings. The highest BCUT2D eigenvalue weighted by Gasteiger charge is 2.30. The molecule has 1 heterocycles. The summed E-state index contributed by atoms with van der Waals surface area (Å²) < 4.78 is 0.583. The summed E-state index contributed by atoms with van der Waals surface area (Å²) in [6.45, 7) is 0. The highest BCUT2D eigenvalue weighted by Crippen LogP contribution is 2.38. The molecule has 0 aromatic heterocycles. The van der Waals surface area contributed by atoms with E-state index in [0.29, 0.717) is 3.81 Å². The third-order valence-electron chi connectivity index (χ3n) is 1.35. The number of hydrogen-bond acceptors (Lipinski definition) is 4. The van der Waals surface area contributed by atoms with Crippen LogP contribution in [0.4, 0.5) is 0 Å². The van der Waals surface area contributed by atoms with Crippen LogP contribution in [0, 0.1) is 0 Å². The van der Waals surface area contributed by atoms with Crippen molar-refractivity contribution in [3.63, 3.8) is 0 Å². The van der Waals surface area contributed by atoms with Crippen LogP contribution >= 0.6 is 27.7 Å². The van der Waals surface area contributed by atoms with Gasteiger partial charge in [-0.15, -0.1) is 0 Å². The fraction of sp³-hybridized carbons (Fsp3) is 0.400. The Bertz CT molecular complexity index is 231. The maximum Gasteiger partial charge on any atom is 0.353 e. The van der Waals surface area contributed by atoms with Gasteiger partial charge in [0.25, 0.3) is 0 Å². The second kappa shape index (κ2) is 3.04. The van der Waals surface area contributed by atoms with Crippen LogP contribution in [0.2, 0.25) is 0 Å². The Hall–Kier alpha value is -0.200. The molecule has 0 radical (unpaired) electrons. The van der Waals surface area contributed by atoms with E-state index in [-0.39, 0.29) is 11.2 Å². The molecule has 0 bridgehead atoms. The molecule has 6 heteroatoms. The maximum absolute atomic E-state index is 10.6. The van der Waals surface area contributed by atoms with Crippen LogP contribution in [0.15, 0.2) is 9.51 Å². The third-order valence-corrected chi connectivity index (χ3v) is 3.24. The zero-order valence-corrected chi connectivity index (χ0v) is 8.15. The van der Waals surface area contributed by atoms with E-state index in [9.17, 15) is 4.79 Å². The monoisotopic (exact) mass is 238 g/mol. The van der Waals surface area contributed by atoms with Crippen LogP contribution in [0.5, 0.6) is 0 Å². The standard InChI is InChI=1S/C5H7BrN2O2S/c1-8-2(4(9)10)3(6)11-5(8)7/h5H,7H2,1H3,(H,9,10). The number of nitrogens with zero attached hydrogens (tertiary/aromatic N) is 1. The summed E-state index contributed by atoms with van der Waals surface area (Å²) in [5, 5.41) is 8.67. The molecule has 62 valence electrons. The minimum absolute atomic E-state index is 0.225. The van der Waals surface area contributed by atoms with E-state index < -0.39 is 5.97 Å². The lowest BCUT2D eigenvalue weighted by Crippen LogP contribution is -2.33. The zero-order chi connectivity index (χ0) is 8.59. The number of carboxylic acids is 1. The zero-order valence-electron chi connectivity index (χ0n) is 5.74. The number of carboxylic acid groups (broad SMARTS) is 1. The van der Waals surface area contributed by atoms with E-state index in [4.69, 9.17) is 10.8 Å². The van der Waals surface area contributed by atoms with Gasteiger partial charge in [-0.2, -0.15) is 0 Å². The Morgan fingerprint density at radius 3 is 2.64 bits per heavy atom. The molecule has 0 saturated heterocycles. The van der Waals surface area contributed by atoms with E-state index >= 15 is 0 Å². The molecule has 11 heavy (non-hydrogen) atoms. The minimum atomic E-state index is -0.958. The fourth-order valence-corrected chi connectivity index (χ4v) is 2.58. The number of carbonyl (C=O) groups is 1. The number of nitrogens with two attached hydrogens (primary N) is 1. The van der Waals surface area contributed by atoms with Crippen molar-refractivity contribution in [1.82, 2.24) is 4.90 Å². The van der Waals surface area contributed by atoms with Gasteiger partial charge >= 0.3 is 5.97 Å². The van der Waals surface area contributed by atoms with Crippen molar-refractivity contribution in [1.29, 1.82) is 0 Å². The lowest BCUT2D eigenvalue weighted by molar-refractivity contribution is -0.134. The van der Waals surface area contributed by atoms with Gasteiger partial charge in [0, 0.05) is 7.05 Å². The normalized spacial score (nSPS) is 24.6. The first-order chi connectivity index (χ1) is 5.04. The van der Waals surface area contributed by atoms with Crippen molar-refractivity contribution < 1.29 is 9.90 Å². The number of thioether (sulfide) groups is 1. The second-order valence-corrected chi connectivity index (χ2v) is 4.49. The molecule has 1 aliphatic rings. The van der Waals surface area contributed by atoms with E-state index in [1.54, 1.807) is 7.05 Å². The quantitative estimate of drug-likeness (QED) is 0.699. The molecule has 1 rings (SSSR count). The van der Waals surface area contributed by atoms with Crippen molar-refractivity contribution in [3.05, 3.63) is 9.51 Å². The van der Waals surface area contributed by atoms with Crippen molar-refractivity contribution in [2.75, 3.05) is 7.05 Å². The molecule has 3 N–H and O–H groups in total. The molecular weight excluding hydrogens is 232 g/mol. The Kier molecular flexibility index (Phi) is 2.46. The van der Waals surface area contributed by atoms with Crippen LogP contribution in [-0.4, -0.2) is 28.5 Å². The third kappa shape index (κ3) is 1.52. The molecule has 1 atom stereocenters. The molecule has 0 aliphatic carbocycles. The summed E-state index contributed by atoms with van der Waals surface area (Å²) in [6, 6.07) is 0. The van der Waals surface area contributed by atoms with Gasteiger partial charge in [0.05, 0.1) is 3.81 Å². The molecule has 1 aliphatic heterocycles. The van der Waals surface area contributed by atoms with E-state index in [1.807, 2.05) is 0 Å². The van der Waals surface area contributed by atoms with Gasteiger partial charge < -0.3 is 15.7 Å². The summed E-state index contributed by atoms with van der Waals surface area (Å²) in [5.41, 5.74) is 5.48. The average molecular weight is 239 g/mol. The maximum atomic E-state index is 10.6. The van der Waals surface area contributed by atoms with Gasteiger partial charge in [0.1, 0.15) is 11.2 Å². The number of likely N-dealkylation sites (N-methyl/N-ethyl adjacent to an activating group) is 1. The van der Waals surface area contributed by atoms with Crippen molar-refractivity contribution in [2.24, 2.45) is 5.73 Å². The summed E-state index contributed by atoms with van der Waals surface area (Å²) >= 11 is 4.41. The number of halogens is 1. The summed E-state index contributed by atoms with van der Waals surface area (Å²) in [5.74, 6) is -0.958. The smallest absolute Gasteiger partial charge is 0.353 e. The minimum Gasteiger partial charge on any atom is -0.477 e. The summed E-state index contributed by atoms with van der Waals surface area (Å²) in [7, 11) is 1.65. The lowest BCUT2D eigenvalue weighted by Gasteiger charge is -2.17. The fourth-order valence-electron chi connectivity index (χ4n) is 0.742. The Labute approximate surface area is 76.5 Å². The molecule has 0 spiro atoms. The molecule has 0 fully saturated rings. The summed E-state index contributed by atoms with van der Waals surface area (Å²) in [4.78, 5) is 12.1. The molecule has 0 aromatic carbocycles. The lowest BCUT2D eigenvalue weighted by atomic mass is 10.4. The van der Waals surface area contributed by atoms with Gasteiger partial charge in [-0.05, 0) is 15.9 Å². The van der Waals surface area contributed by atoms with Crippen LogP contribution in [0.25, 0.3) is 0 Å². The van der Waals surface area contributed by atoms with Crippen LogP contribution in [0.1, 0.15) is 0 Å². The Morgan fingerprint density at radius 2 is 2.45 bits per heavy atom. The van der Waals surface area contributed by atoms with E-state index in [1.165, 1.54) is 16.7 Å². The largest absolute Gasteiger partial charge is 0.477 e.